The number of hydrogen-bond acceptors (Lipinski definition) is 3. The second-order valence-electron chi connectivity index (χ2n) is 2.30. The normalized spacial score (nSPS) is 12.0. The molecular formula is C10H12O4. The first kappa shape index (κ1) is 12.0. The summed E-state index contributed by atoms with van der Waals surface area (Å²) in [4.78, 5) is 10.0. The highest BCUT2D eigenvalue weighted by molar-refractivity contribution is 5.57. The van der Waals surface area contributed by atoms with Gasteiger partial charge in [0.1, 0.15) is 12.4 Å². The first-order chi connectivity index (χ1) is 6.60. The molecule has 0 saturated carbocycles. The van der Waals surface area contributed by atoms with Crippen molar-refractivity contribution in [2.75, 3.05) is 6.61 Å². The van der Waals surface area contributed by atoms with Gasteiger partial charge in [-0.2, -0.15) is 0 Å². The molecule has 0 saturated heterocycles. The van der Waals surface area contributed by atoms with Crippen LogP contribution in [0.25, 0.3) is 0 Å². The fraction of sp³-hybridized carbons (Fsp3) is 0.100. The Hall–Kier alpha value is -1.97. The molecule has 0 bridgehead atoms. The molecule has 0 unspecified atom stereocenters. The van der Waals surface area contributed by atoms with Crippen LogP contribution in [-0.4, -0.2) is 23.0 Å². The highest BCUT2D eigenvalue weighted by Gasteiger charge is 1.97. The number of carbonyl (C=O) groups is 1. The number of ether oxygens (including phenoxy) is 1. The Morgan fingerprint density at radius 2 is 1.86 bits per heavy atom. The lowest BCUT2D eigenvalue weighted by Gasteiger charge is -1.99. The molecule has 0 heterocycles. The van der Waals surface area contributed by atoms with Gasteiger partial charge >= 0.3 is 6.16 Å². The molecule has 4 nitrogen and oxygen atoms in total. The molecule has 0 aliphatic carbocycles. The molecule has 0 amide bonds. The molecule has 0 rings (SSSR count). The van der Waals surface area contributed by atoms with E-state index in [0.717, 1.165) is 0 Å². The zero-order valence-corrected chi connectivity index (χ0v) is 7.64. The summed E-state index contributed by atoms with van der Waals surface area (Å²) in [5.74, 6) is -0.0142. The summed E-state index contributed by atoms with van der Waals surface area (Å²) in [7, 11) is 0. The number of aliphatic hydroxyl groups excluding tert-OH is 1. The SMILES string of the molecule is C=C/C(O)=C\C=C(/C=C)COC(=O)O. The van der Waals surface area contributed by atoms with Crippen LogP contribution >= 0.6 is 0 Å². The number of aliphatic hydroxyl groups is 1. The molecule has 14 heavy (non-hydrogen) atoms. The van der Waals surface area contributed by atoms with Crippen LogP contribution in [-0.2, 0) is 4.74 Å². The average molecular weight is 196 g/mol. The molecule has 0 atom stereocenters. The predicted octanol–water partition coefficient (Wildman–Crippen LogP) is 2.42. The van der Waals surface area contributed by atoms with E-state index < -0.39 is 6.16 Å². The van der Waals surface area contributed by atoms with Gasteiger partial charge in [0.05, 0.1) is 0 Å². The Labute approximate surface area is 82.1 Å². The molecule has 0 aliphatic rings. The molecule has 0 aromatic rings. The van der Waals surface area contributed by atoms with Crippen molar-refractivity contribution in [1.82, 2.24) is 0 Å². The van der Waals surface area contributed by atoms with Crippen LogP contribution in [0.3, 0.4) is 0 Å². The van der Waals surface area contributed by atoms with Crippen LogP contribution in [0.5, 0.6) is 0 Å². The van der Waals surface area contributed by atoms with Crippen LogP contribution in [0, 0.1) is 0 Å². The van der Waals surface area contributed by atoms with E-state index in [0.29, 0.717) is 5.57 Å². The highest BCUT2D eigenvalue weighted by atomic mass is 16.7. The first-order valence-corrected chi connectivity index (χ1v) is 3.80. The zero-order chi connectivity index (χ0) is 11.0. The van der Waals surface area contributed by atoms with Crippen molar-refractivity contribution in [3.05, 3.63) is 48.8 Å². The fourth-order valence-corrected chi connectivity index (χ4v) is 0.581. The van der Waals surface area contributed by atoms with Crippen LogP contribution in [0.1, 0.15) is 0 Å². The number of allylic oxidation sites excluding steroid dienone is 3. The summed E-state index contributed by atoms with van der Waals surface area (Å²) in [6.45, 7) is 6.71. The fourth-order valence-electron chi connectivity index (χ4n) is 0.581. The monoisotopic (exact) mass is 196 g/mol. The van der Waals surface area contributed by atoms with Crippen LogP contribution in [0.15, 0.2) is 48.8 Å². The third kappa shape index (κ3) is 5.65. The first-order valence-electron chi connectivity index (χ1n) is 3.80. The molecule has 4 heteroatoms. The van der Waals surface area contributed by atoms with Gasteiger partial charge in [0, 0.05) is 0 Å². The van der Waals surface area contributed by atoms with Crippen LogP contribution < -0.4 is 0 Å². The maximum Gasteiger partial charge on any atom is 0.506 e. The molecule has 0 fully saturated rings. The predicted molar refractivity (Wildman–Crippen MR) is 53.2 cm³/mol. The minimum absolute atomic E-state index is 0.0142. The smallest absolute Gasteiger partial charge is 0.506 e. The van der Waals surface area contributed by atoms with Crippen LogP contribution in [0.2, 0.25) is 0 Å². The van der Waals surface area contributed by atoms with E-state index in [2.05, 4.69) is 17.9 Å². The Morgan fingerprint density at radius 3 is 2.29 bits per heavy atom. The summed E-state index contributed by atoms with van der Waals surface area (Å²) >= 11 is 0. The van der Waals surface area contributed by atoms with Gasteiger partial charge in [-0.05, 0) is 17.7 Å². The van der Waals surface area contributed by atoms with E-state index in [1.54, 1.807) is 0 Å². The van der Waals surface area contributed by atoms with Crippen molar-refractivity contribution in [2.45, 2.75) is 0 Å². The third-order valence-corrected chi connectivity index (χ3v) is 1.30. The lowest BCUT2D eigenvalue weighted by molar-refractivity contribution is 0.100. The molecule has 0 spiro atoms. The van der Waals surface area contributed by atoms with Crippen molar-refractivity contribution < 1.29 is 19.7 Å². The summed E-state index contributed by atoms with van der Waals surface area (Å²) in [6.07, 6.45) is 4.21. The van der Waals surface area contributed by atoms with Crippen molar-refractivity contribution in [3.8, 4) is 0 Å². The van der Waals surface area contributed by atoms with E-state index in [4.69, 9.17) is 10.2 Å². The largest absolute Gasteiger partial charge is 0.508 e. The summed E-state index contributed by atoms with van der Waals surface area (Å²) in [6, 6.07) is 0. The van der Waals surface area contributed by atoms with E-state index in [9.17, 15) is 4.79 Å². The quantitative estimate of drug-likeness (QED) is 0.402. The maximum atomic E-state index is 10.0. The van der Waals surface area contributed by atoms with E-state index in [1.807, 2.05) is 0 Å². The minimum Gasteiger partial charge on any atom is -0.508 e. The molecule has 0 aliphatic heterocycles. The maximum absolute atomic E-state index is 10.0. The minimum atomic E-state index is -1.35. The van der Waals surface area contributed by atoms with Gasteiger partial charge in [0.2, 0.25) is 0 Å². The van der Waals surface area contributed by atoms with Crippen molar-refractivity contribution in [2.24, 2.45) is 0 Å². The van der Waals surface area contributed by atoms with Gasteiger partial charge in [0.25, 0.3) is 0 Å². The molecule has 0 aromatic carbocycles. The topological polar surface area (TPSA) is 66.8 Å². The van der Waals surface area contributed by atoms with Gasteiger partial charge in [0.15, 0.2) is 0 Å². The van der Waals surface area contributed by atoms with Crippen molar-refractivity contribution >= 4 is 6.16 Å². The van der Waals surface area contributed by atoms with Crippen molar-refractivity contribution in [3.63, 3.8) is 0 Å². The van der Waals surface area contributed by atoms with E-state index in [1.165, 1.54) is 24.3 Å². The van der Waals surface area contributed by atoms with Crippen LogP contribution in [0.4, 0.5) is 4.79 Å². The van der Waals surface area contributed by atoms with E-state index in [-0.39, 0.29) is 12.4 Å². The summed E-state index contributed by atoms with van der Waals surface area (Å²) in [5, 5.41) is 17.2. The number of hydrogen-bond donors (Lipinski definition) is 2. The average Bonchev–Trinajstić information content (AvgIpc) is 2.17. The second kappa shape index (κ2) is 6.54. The molecule has 0 radical (unpaired) electrons. The molecule has 2 N–H and O–H groups in total. The number of carboxylic acid groups (broad SMARTS) is 1. The lowest BCUT2D eigenvalue weighted by atomic mass is 10.2. The Kier molecular flexibility index (Phi) is 5.62. The lowest BCUT2D eigenvalue weighted by Crippen LogP contribution is -2.02. The van der Waals surface area contributed by atoms with Gasteiger partial charge < -0.3 is 14.9 Å². The molecule has 76 valence electrons. The summed E-state index contributed by atoms with van der Waals surface area (Å²) in [5.41, 5.74) is 0.542. The highest BCUT2D eigenvalue weighted by Crippen LogP contribution is 2.00. The van der Waals surface area contributed by atoms with Gasteiger partial charge in [-0.15, -0.1) is 0 Å². The van der Waals surface area contributed by atoms with E-state index >= 15 is 0 Å². The standard InChI is InChI=1S/C10H12O4/c1-3-8(7-14-10(12)13)5-6-9(11)4-2/h3-6,11H,1-2,7H2,(H,12,13)/b8-5+,9-6+. The second-order valence-corrected chi connectivity index (χ2v) is 2.30. The van der Waals surface area contributed by atoms with Crippen molar-refractivity contribution in [1.29, 1.82) is 0 Å². The van der Waals surface area contributed by atoms with Gasteiger partial charge in [-0.25, -0.2) is 4.79 Å². The Morgan fingerprint density at radius 1 is 1.21 bits per heavy atom. The van der Waals surface area contributed by atoms with Gasteiger partial charge in [-0.3, -0.25) is 0 Å². The Balaban J connectivity index is 4.32. The van der Waals surface area contributed by atoms with Gasteiger partial charge in [-0.1, -0.05) is 25.3 Å². The molecular weight excluding hydrogens is 184 g/mol. The third-order valence-electron chi connectivity index (χ3n) is 1.30. The zero-order valence-electron chi connectivity index (χ0n) is 7.64. The Bertz CT molecular complexity index is 286. The number of rotatable bonds is 5. The summed E-state index contributed by atoms with van der Waals surface area (Å²) < 4.78 is 4.30. The molecule has 0 aromatic heterocycles.